The number of aromatic nitrogens is 1. The van der Waals surface area contributed by atoms with E-state index in [4.69, 9.17) is 0 Å². The Balaban J connectivity index is 1.73. The maximum Gasteiger partial charge on any atom is 0.279 e. The molecule has 8 heteroatoms. The topological polar surface area (TPSA) is 96.0 Å². The molecule has 0 atom stereocenters. The van der Waals surface area contributed by atoms with E-state index < -0.39 is 5.91 Å². The Morgan fingerprint density at radius 2 is 1.93 bits per heavy atom. The largest absolute Gasteiger partial charge is 0.493 e. The van der Waals surface area contributed by atoms with Crippen LogP contribution in [0, 0.1) is 0 Å². The lowest BCUT2D eigenvalue weighted by molar-refractivity contribution is -0.120. The highest BCUT2D eigenvalue weighted by atomic mass is 32.1. The van der Waals surface area contributed by atoms with E-state index in [1.165, 1.54) is 4.57 Å². The average molecular weight is 418 g/mol. The second-order valence-electron chi connectivity index (χ2n) is 6.55. The minimum absolute atomic E-state index is 0.119. The first kappa shape index (κ1) is 19.5. The van der Waals surface area contributed by atoms with Gasteiger partial charge in [-0.25, -0.2) is 10.4 Å². The zero-order chi connectivity index (χ0) is 21.1. The minimum atomic E-state index is -0.418. The van der Waals surface area contributed by atoms with Gasteiger partial charge in [-0.15, -0.1) is 11.7 Å². The molecule has 0 saturated carbocycles. The molecule has 0 fully saturated rings. The Morgan fingerprint density at radius 1 is 1.20 bits per heavy atom. The minimum Gasteiger partial charge on any atom is -0.493 e. The van der Waals surface area contributed by atoms with E-state index in [0.717, 1.165) is 16.9 Å². The number of aromatic hydroxyl groups is 1. The van der Waals surface area contributed by atoms with Gasteiger partial charge in [0, 0.05) is 11.8 Å². The maximum atomic E-state index is 12.5. The Labute approximate surface area is 175 Å². The Bertz CT molecular complexity index is 1340. The van der Waals surface area contributed by atoms with E-state index in [1.807, 2.05) is 36.4 Å². The molecule has 2 heterocycles. The summed E-state index contributed by atoms with van der Waals surface area (Å²) in [4.78, 5) is 29.5. The number of rotatable bonds is 6. The summed E-state index contributed by atoms with van der Waals surface area (Å²) in [6.45, 7) is 3.96. The number of nitrogens with zero attached hydrogens (tertiary/aromatic N) is 3. The van der Waals surface area contributed by atoms with Crippen LogP contribution >= 0.6 is 11.3 Å². The summed E-state index contributed by atoms with van der Waals surface area (Å²) < 4.78 is 1.48. The van der Waals surface area contributed by atoms with Crippen LogP contribution in [0.3, 0.4) is 0 Å². The van der Waals surface area contributed by atoms with Gasteiger partial charge in [-0.1, -0.05) is 65.9 Å². The molecule has 0 radical (unpaired) electrons. The second kappa shape index (κ2) is 8.30. The molecule has 0 spiro atoms. The van der Waals surface area contributed by atoms with Gasteiger partial charge in [-0.05, 0) is 11.6 Å². The second-order valence-corrected chi connectivity index (χ2v) is 7.53. The van der Waals surface area contributed by atoms with Crippen LogP contribution in [0.25, 0.3) is 5.57 Å². The highest BCUT2D eigenvalue weighted by molar-refractivity contribution is 7.11. The molecule has 150 valence electrons. The molecule has 0 unspecified atom stereocenters. The molecule has 3 aromatic rings. The van der Waals surface area contributed by atoms with Crippen LogP contribution in [-0.2, 0) is 22.6 Å². The van der Waals surface area contributed by atoms with Crippen LogP contribution in [0.4, 0.5) is 0 Å². The zero-order valence-corrected chi connectivity index (χ0v) is 16.7. The van der Waals surface area contributed by atoms with Crippen LogP contribution in [0.1, 0.15) is 10.4 Å². The molecule has 0 aliphatic carbocycles. The molecule has 2 N–H and O–H groups in total. The summed E-state index contributed by atoms with van der Waals surface area (Å²) in [5.74, 6) is -0.824. The van der Waals surface area contributed by atoms with Gasteiger partial charge in [0.1, 0.15) is 4.88 Å². The third-order valence-electron chi connectivity index (χ3n) is 4.51. The number of hydrogen-bond acceptors (Lipinski definition) is 5. The lowest BCUT2D eigenvalue weighted by Crippen LogP contribution is -2.25. The molecule has 4 rings (SSSR count). The number of carbonyl (C=O) groups is 2. The van der Waals surface area contributed by atoms with Crippen molar-refractivity contribution in [1.82, 2.24) is 9.99 Å². The van der Waals surface area contributed by atoms with Gasteiger partial charge in [0.15, 0.2) is 0 Å². The molecule has 0 saturated heterocycles. The van der Waals surface area contributed by atoms with E-state index >= 15 is 0 Å². The first-order chi connectivity index (χ1) is 14.6. The smallest absolute Gasteiger partial charge is 0.279 e. The van der Waals surface area contributed by atoms with Gasteiger partial charge in [0.2, 0.25) is 16.6 Å². The van der Waals surface area contributed by atoms with Crippen LogP contribution < -0.4 is 20.8 Å². The van der Waals surface area contributed by atoms with Crippen LogP contribution in [-0.4, -0.2) is 21.5 Å². The summed E-state index contributed by atoms with van der Waals surface area (Å²) in [7, 11) is 0. The summed E-state index contributed by atoms with van der Waals surface area (Å²) in [5, 5.41) is 16.2. The standard InChI is InChI=1S/C22H18N4O3S/c1-2-12-26-21(29)19(18-15-10-6-7-11-16(15)23-20(18)28)30-22(26)25-24-17(27)13-14-8-4-3-5-9-14/h2-11,29H,1,12-13H2,(H,24,27). The van der Waals surface area contributed by atoms with Gasteiger partial charge < -0.3 is 5.11 Å². The van der Waals surface area contributed by atoms with Gasteiger partial charge in [-0.3, -0.25) is 14.2 Å². The molecule has 2 amide bonds. The van der Waals surface area contributed by atoms with Gasteiger partial charge in [0.05, 0.1) is 17.4 Å². The average Bonchev–Trinajstić information content (AvgIpc) is 3.23. The molecule has 30 heavy (non-hydrogen) atoms. The number of hydrogen-bond donors (Lipinski definition) is 2. The number of fused-ring (bicyclic) bond motifs is 1. The summed E-state index contributed by atoms with van der Waals surface area (Å²) >= 11 is 1.10. The van der Waals surface area contributed by atoms with Crippen LogP contribution in [0.5, 0.6) is 5.88 Å². The van der Waals surface area contributed by atoms with E-state index in [-0.39, 0.29) is 24.8 Å². The fraction of sp³-hybridized carbons (Fsp3) is 0.0909. The third-order valence-corrected chi connectivity index (χ3v) is 5.60. The van der Waals surface area contributed by atoms with Crippen molar-refractivity contribution in [2.75, 3.05) is 0 Å². The van der Waals surface area contributed by atoms with E-state index in [0.29, 0.717) is 25.8 Å². The van der Waals surface area contributed by atoms with Crippen LogP contribution in [0.2, 0.25) is 0 Å². The Morgan fingerprint density at radius 3 is 2.70 bits per heavy atom. The quantitative estimate of drug-likeness (QED) is 0.461. The van der Waals surface area contributed by atoms with Crippen LogP contribution in [0.15, 0.2) is 77.3 Å². The van der Waals surface area contributed by atoms with Gasteiger partial charge in [-0.2, -0.15) is 0 Å². The van der Waals surface area contributed by atoms with Crippen molar-refractivity contribution in [3.63, 3.8) is 0 Å². The SMILES string of the molecule is C=CCn1c(O)c(C2=c3ccccc3=NC2=O)sc1=NNC(=O)Cc1ccccc1. The first-order valence-corrected chi connectivity index (χ1v) is 10.0. The molecular weight excluding hydrogens is 400 g/mol. The van der Waals surface area contributed by atoms with Crippen molar-refractivity contribution in [3.05, 3.63) is 93.1 Å². The lowest BCUT2D eigenvalue weighted by Gasteiger charge is -2.02. The van der Waals surface area contributed by atoms with Crippen molar-refractivity contribution in [2.45, 2.75) is 13.0 Å². The number of para-hydroxylation sites is 1. The molecule has 2 aromatic carbocycles. The van der Waals surface area contributed by atoms with Crippen molar-refractivity contribution in [3.8, 4) is 5.88 Å². The molecule has 1 aliphatic rings. The molecule has 7 nitrogen and oxygen atoms in total. The fourth-order valence-electron chi connectivity index (χ4n) is 3.16. The Kier molecular flexibility index (Phi) is 5.40. The number of carbonyl (C=O) groups excluding carboxylic acids is 2. The molecule has 1 aromatic heterocycles. The van der Waals surface area contributed by atoms with E-state index in [2.05, 4.69) is 22.1 Å². The molecule has 0 bridgehead atoms. The van der Waals surface area contributed by atoms with Crippen molar-refractivity contribution < 1.29 is 14.7 Å². The summed E-state index contributed by atoms with van der Waals surface area (Å²) in [5.41, 5.74) is 3.71. The van der Waals surface area contributed by atoms with Crippen molar-refractivity contribution in [1.29, 1.82) is 0 Å². The zero-order valence-electron chi connectivity index (χ0n) is 15.9. The number of thiazole rings is 1. The number of nitrogens with one attached hydrogen (secondary N) is 1. The van der Waals surface area contributed by atoms with Gasteiger partial charge in [0.25, 0.3) is 5.91 Å². The van der Waals surface area contributed by atoms with E-state index in [9.17, 15) is 14.7 Å². The highest BCUT2D eigenvalue weighted by Gasteiger charge is 2.25. The predicted molar refractivity (Wildman–Crippen MR) is 113 cm³/mol. The fourth-order valence-corrected chi connectivity index (χ4v) is 4.20. The molecular formula is C22H18N4O3S. The first-order valence-electron chi connectivity index (χ1n) is 9.21. The number of allylic oxidation sites excluding steroid dienone is 1. The monoisotopic (exact) mass is 418 g/mol. The highest BCUT2D eigenvalue weighted by Crippen LogP contribution is 2.28. The lowest BCUT2D eigenvalue weighted by atomic mass is 10.1. The third kappa shape index (κ3) is 3.72. The summed E-state index contributed by atoms with van der Waals surface area (Å²) in [6, 6.07) is 16.5. The maximum absolute atomic E-state index is 12.5. The number of benzene rings is 2. The predicted octanol–water partition coefficient (Wildman–Crippen LogP) is 0.975. The number of amides is 2. The van der Waals surface area contributed by atoms with Crippen molar-refractivity contribution >= 4 is 28.7 Å². The van der Waals surface area contributed by atoms with Crippen molar-refractivity contribution in [2.24, 2.45) is 10.1 Å². The summed E-state index contributed by atoms with van der Waals surface area (Å²) in [6.07, 6.45) is 1.78. The molecule has 1 aliphatic heterocycles. The van der Waals surface area contributed by atoms with Gasteiger partial charge >= 0.3 is 0 Å². The normalized spacial score (nSPS) is 13.1. The Hall–Kier alpha value is -3.78. The van der Waals surface area contributed by atoms with E-state index in [1.54, 1.807) is 24.3 Å².